The molecule has 0 radical (unpaired) electrons. The highest BCUT2D eigenvalue weighted by atomic mass is 32.2. The van der Waals surface area contributed by atoms with Gasteiger partial charge >= 0.3 is 5.97 Å². The lowest BCUT2D eigenvalue weighted by molar-refractivity contribution is -0.165. The number of nitrogens with zero attached hydrogens (tertiary/aromatic N) is 2. The molecule has 1 aromatic carbocycles. The Morgan fingerprint density at radius 2 is 2.08 bits per heavy atom. The first-order valence-electron chi connectivity index (χ1n) is 8.26. The van der Waals surface area contributed by atoms with Crippen LogP contribution >= 0.6 is 11.8 Å². The quantitative estimate of drug-likeness (QED) is 0.827. The summed E-state index contributed by atoms with van der Waals surface area (Å²) in [5.41, 5.74) is 1.67. The highest BCUT2D eigenvalue weighted by Gasteiger charge is 2.32. The average Bonchev–Trinajstić information content (AvgIpc) is 3.10. The maximum absolute atomic E-state index is 12.3. The molecule has 0 saturated carbocycles. The van der Waals surface area contributed by atoms with E-state index in [2.05, 4.69) is 4.98 Å². The van der Waals surface area contributed by atoms with E-state index in [1.165, 1.54) is 11.8 Å². The molecule has 2 heterocycles. The van der Waals surface area contributed by atoms with Gasteiger partial charge in [0.25, 0.3) is 0 Å². The number of benzene rings is 1. The predicted octanol–water partition coefficient (Wildman–Crippen LogP) is 2.28. The monoisotopic (exact) mass is 376 g/mol. The fourth-order valence-corrected chi connectivity index (χ4v) is 3.51. The molecule has 2 aromatic rings. The molecule has 0 aliphatic carbocycles. The lowest BCUT2D eigenvalue weighted by atomic mass is 10.2. The van der Waals surface area contributed by atoms with Crippen molar-refractivity contribution in [3.05, 3.63) is 42.3 Å². The fraction of sp³-hybridized carbons (Fsp3) is 0.389. The molecule has 1 aromatic heterocycles. The van der Waals surface area contributed by atoms with Gasteiger partial charge in [0, 0.05) is 17.9 Å². The summed E-state index contributed by atoms with van der Waals surface area (Å²) in [5.74, 6) is 0.219. The van der Waals surface area contributed by atoms with Crippen molar-refractivity contribution in [2.45, 2.75) is 24.9 Å². The Kier molecular flexibility index (Phi) is 5.95. The molecule has 1 amide bonds. The number of aliphatic carboxylic acids is 1. The first kappa shape index (κ1) is 18.5. The highest BCUT2D eigenvalue weighted by molar-refractivity contribution is 7.99. The lowest BCUT2D eigenvalue weighted by Crippen LogP contribution is -2.52. The first-order valence-corrected chi connectivity index (χ1v) is 9.42. The Bertz CT molecular complexity index is 764. The number of rotatable bonds is 6. The van der Waals surface area contributed by atoms with Crippen LogP contribution in [0, 0.1) is 0 Å². The van der Waals surface area contributed by atoms with Crippen LogP contribution in [-0.2, 0) is 20.1 Å². The van der Waals surface area contributed by atoms with E-state index >= 15 is 0 Å². The molecule has 3 rings (SSSR count). The summed E-state index contributed by atoms with van der Waals surface area (Å²) in [5, 5.41) is 9.09. The molecule has 1 fully saturated rings. The Morgan fingerprint density at radius 3 is 2.81 bits per heavy atom. The van der Waals surface area contributed by atoms with Crippen LogP contribution < -0.4 is 0 Å². The second-order valence-electron chi connectivity index (χ2n) is 6.08. The van der Waals surface area contributed by atoms with Gasteiger partial charge in [-0.2, -0.15) is 0 Å². The number of morpholine rings is 1. The molecule has 1 aliphatic rings. The molecule has 1 unspecified atom stereocenters. The van der Waals surface area contributed by atoms with Crippen molar-refractivity contribution in [1.82, 2.24) is 9.88 Å². The van der Waals surface area contributed by atoms with Crippen LogP contribution in [0.1, 0.15) is 12.6 Å². The zero-order valence-corrected chi connectivity index (χ0v) is 15.1. The standard InChI is InChI=1S/C18H20N2O5S/c1-12-7-20(8-15(25-12)18(22)23)16(21)11-26-10-14-9-24-17(19-14)13-5-3-2-4-6-13/h2-6,9,12,15H,7-8,10-11H2,1H3,(H,22,23)/t12-,15?/m1/s1. The van der Waals surface area contributed by atoms with Gasteiger partial charge in [0.1, 0.15) is 6.26 Å². The first-order chi connectivity index (χ1) is 12.5. The Morgan fingerprint density at radius 1 is 1.31 bits per heavy atom. The second kappa shape index (κ2) is 8.37. The van der Waals surface area contributed by atoms with E-state index in [4.69, 9.17) is 14.3 Å². The van der Waals surface area contributed by atoms with Crippen molar-refractivity contribution in [3.8, 4) is 11.5 Å². The van der Waals surface area contributed by atoms with Crippen molar-refractivity contribution < 1.29 is 23.8 Å². The Balaban J connectivity index is 1.49. The van der Waals surface area contributed by atoms with Gasteiger partial charge < -0.3 is 19.2 Å². The van der Waals surface area contributed by atoms with Crippen molar-refractivity contribution in [2.24, 2.45) is 0 Å². The molecule has 1 saturated heterocycles. The highest BCUT2D eigenvalue weighted by Crippen LogP contribution is 2.21. The number of carbonyl (C=O) groups is 2. The summed E-state index contributed by atoms with van der Waals surface area (Å²) in [6.45, 7) is 2.26. The van der Waals surface area contributed by atoms with Gasteiger partial charge in [0.05, 0.1) is 24.1 Å². The zero-order chi connectivity index (χ0) is 18.5. The molecule has 7 nitrogen and oxygen atoms in total. The summed E-state index contributed by atoms with van der Waals surface area (Å²) >= 11 is 1.43. The van der Waals surface area contributed by atoms with E-state index in [9.17, 15) is 9.59 Å². The summed E-state index contributed by atoms with van der Waals surface area (Å²) in [6.07, 6.45) is 0.344. The third-order valence-corrected chi connectivity index (χ3v) is 4.89. The molecular formula is C18H20N2O5S. The van der Waals surface area contributed by atoms with Crippen molar-refractivity contribution in [2.75, 3.05) is 18.8 Å². The number of carboxylic acids is 1. The zero-order valence-electron chi connectivity index (χ0n) is 14.3. The topological polar surface area (TPSA) is 92.9 Å². The maximum atomic E-state index is 12.3. The molecule has 0 bridgehead atoms. The number of thioether (sulfide) groups is 1. The predicted molar refractivity (Wildman–Crippen MR) is 96.7 cm³/mol. The fourth-order valence-electron chi connectivity index (χ4n) is 2.71. The van der Waals surface area contributed by atoms with Crippen LogP contribution in [0.25, 0.3) is 11.5 Å². The number of hydrogen-bond acceptors (Lipinski definition) is 6. The molecule has 26 heavy (non-hydrogen) atoms. The Labute approximate surface area is 155 Å². The number of amides is 1. The van der Waals surface area contributed by atoms with Crippen molar-refractivity contribution in [1.29, 1.82) is 0 Å². The van der Waals surface area contributed by atoms with E-state index in [-0.39, 0.29) is 24.3 Å². The van der Waals surface area contributed by atoms with Gasteiger partial charge in [-0.1, -0.05) is 18.2 Å². The van der Waals surface area contributed by atoms with Crippen LogP contribution in [-0.4, -0.2) is 57.9 Å². The minimum absolute atomic E-state index is 0.0845. The van der Waals surface area contributed by atoms with E-state index in [0.29, 0.717) is 18.2 Å². The normalized spacial score (nSPS) is 20.1. The van der Waals surface area contributed by atoms with E-state index in [1.54, 1.807) is 18.1 Å². The summed E-state index contributed by atoms with van der Waals surface area (Å²) in [6, 6.07) is 9.60. The van der Waals surface area contributed by atoms with E-state index in [0.717, 1.165) is 11.3 Å². The van der Waals surface area contributed by atoms with Crippen molar-refractivity contribution in [3.63, 3.8) is 0 Å². The number of ether oxygens (including phenoxy) is 1. The van der Waals surface area contributed by atoms with E-state index in [1.807, 2.05) is 30.3 Å². The minimum Gasteiger partial charge on any atom is -0.479 e. The van der Waals surface area contributed by atoms with Gasteiger partial charge in [-0.15, -0.1) is 11.8 Å². The van der Waals surface area contributed by atoms with Gasteiger partial charge in [0.2, 0.25) is 11.8 Å². The third kappa shape index (κ3) is 4.64. The number of aromatic nitrogens is 1. The summed E-state index contributed by atoms with van der Waals surface area (Å²) in [4.78, 5) is 29.4. The molecule has 138 valence electrons. The van der Waals surface area contributed by atoms with Crippen LogP contribution in [0.2, 0.25) is 0 Å². The molecule has 0 spiro atoms. The molecule has 8 heteroatoms. The van der Waals surface area contributed by atoms with Crippen LogP contribution in [0.4, 0.5) is 0 Å². The number of carbonyl (C=O) groups excluding carboxylic acids is 1. The lowest BCUT2D eigenvalue weighted by Gasteiger charge is -2.34. The van der Waals surface area contributed by atoms with Gasteiger partial charge in [-0.3, -0.25) is 4.79 Å². The van der Waals surface area contributed by atoms with Crippen LogP contribution in [0.3, 0.4) is 0 Å². The molecule has 2 atom stereocenters. The largest absolute Gasteiger partial charge is 0.479 e. The summed E-state index contributed by atoms with van der Waals surface area (Å²) < 4.78 is 10.8. The average molecular weight is 376 g/mol. The number of carboxylic acid groups (broad SMARTS) is 1. The minimum atomic E-state index is -1.04. The molecular weight excluding hydrogens is 356 g/mol. The van der Waals surface area contributed by atoms with E-state index < -0.39 is 12.1 Å². The molecule has 1 aliphatic heterocycles. The van der Waals surface area contributed by atoms with Gasteiger partial charge in [-0.05, 0) is 19.1 Å². The summed E-state index contributed by atoms with van der Waals surface area (Å²) in [7, 11) is 0. The van der Waals surface area contributed by atoms with Gasteiger partial charge in [0.15, 0.2) is 6.10 Å². The third-order valence-electron chi connectivity index (χ3n) is 3.94. The van der Waals surface area contributed by atoms with Crippen LogP contribution in [0.15, 0.2) is 41.0 Å². The maximum Gasteiger partial charge on any atom is 0.334 e. The van der Waals surface area contributed by atoms with Crippen molar-refractivity contribution >= 4 is 23.6 Å². The number of oxazole rings is 1. The van der Waals surface area contributed by atoms with Gasteiger partial charge in [-0.25, -0.2) is 9.78 Å². The molecule has 1 N–H and O–H groups in total. The van der Waals surface area contributed by atoms with Crippen LogP contribution in [0.5, 0.6) is 0 Å². The second-order valence-corrected chi connectivity index (χ2v) is 7.06. The Hall–Kier alpha value is -2.32. The number of hydrogen-bond donors (Lipinski definition) is 1. The smallest absolute Gasteiger partial charge is 0.334 e. The SMILES string of the molecule is C[C@@H]1CN(C(=O)CSCc2coc(-c3ccccc3)n2)CC(C(=O)O)O1.